The first kappa shape index (κ1) is 14.8. The summed E-state index contributed by atoms with van der Waals surface area (Å²) in [5.74, 6) is 0.584. The molecule has 0 unspecified atom stereocenters. The minimum absolute atomic E-state index is 0.360. The van der Waals surface area contributed by atoms with Gasteiger partial charge in [-0.3, -0.25) is 13.9 Å². The minimum Gasteiger partial charge on any atom is -0.399 e. The van der Waals surface area contributed by atoms with Gasteiger partial charge in [-0.05, 0) is 23.8 Å². The Kier molecular flexibility index (Phi) is 3.40. The first-order valence-electron chi connectivity index (χ1n) is 7.06. The van der Waals surface area contributed by atoms with Gasteiger partial charge in [0.15, 0.2) is 11.2 Å². The summed E-state index contributed by atoms with van der Waals surface area (Å²) in [7, 11) is 4.81. The van der Waals surface area contributed by atoms with Gasteiger partial charge >= 0.3 is 5.69 Å². The molecule has 0 amide bonds. The van der Waals surface area contributed by atoms with Crippen molar-refractivity contribution in [1.82, 2.24) is 18.7 Å². The van der Waals surface area contributed by atoms with Crippen LogP contribution in [-0.4, -0.2) is 18.7 Å². The standard InChI is InChI=1S/C16H17N5O2/c1-19-12(8-7-10-5-4-6-11(17)9-10)18-14-13(19)15(22)21(3)16(23)20(14)2/h4-9H,17H2,1-3H3/b8-7+. The van der Waals surface area contributed by atoms with E-state index in [4.69, 9.17) is 5.73 Å². The number of aromatic nitrogens is 4. The number of imidazole rings is 1. The van der Waals surface area contributed by atoms with Gasteiger partial charge in [0, 0.05) is 26.8 Å². The Morgan fingerprint density at radius 3 is 2.48 bits per heavy atom. The Bertz CT molecular complexity index is 1050. The predicted octanol–water partition coefficient (Wildman–Crippen LogP) is 0.723. The third kappa shape index (κ3) is 2.36. The van der Waals surface area contributed by atoms with Crippen LogP contribution < -0.4 is 17.0 Å². The molecule has 118 valence electrons. The van der Waals surface area contributed by atoms with E-state index in [1.54, 1.807) is 24.7 Å². The zero-order chi connectivity index (χ0) is 16.7. The molecule has 23 heavy (non-hydrogen) atoms. The van der Waals surface area contributed by atoms with Gasteiger partial charge in [-0.25, -0.2) is 9.78 Å². The Morgan fingerprint density at radius 2 is 1.78 bits per heavy atom. The minimum atomic E-state index is -0.396. The van der Waals surface area contributed by atoms with Gasteiger partial charge in [0.05, 0.1) is 0 Å². The van der Waals surface area contributed by atoms with E-state index in [1.165, 1.54) is 11.6 Å². The molecule has 0 saturated carbocycles. The van der Waals surface area contributed by atoms with Crippen molar-refractivity contribution in [2.75, 3.05) is 5.73 Å². The summed E-state index contributed by atoms with van der Waals surface area (Å²) in [5, 5.41) is 0. The number of fused-ring (bicyclic) bond motifs is 1. The molecule has 0 fully saturated rings. The molecule has 3 rings (SSSR count). The fourth-order valence-corrected chi connectivity index (χ4v) is 2.52. The molecule has 2 N–H and O–H groups in total. The zero-order valence-electron chi connectivity index (χ0n) is 13.1. The molecule has 0 aliphatic heterocycles. The van der Waals surface area contributed by atoms with Crippen molar-refractivity contribution in [3.8, 4) is 0 Å². The van der Waals surface area contributed by atoms with Crippen LogP contribution in [0.4, 0.5) is 5.69 Å². The lowest BCUT2D eigenvalue weighted by molar-refractivity contribution is 0.705. The van der Waals surface area contributed by atoms with E-state index in [-0.39, 0.29) is 5.56 Å². The summed E-state index contributed by atoms with van der Waals surface area (Å²) in [6.07, 6.45) is 3.65. The van der Waals surface area contributed by atoms with Crippen molar-refractivity contribution in [2.24, 2.45) is 21.1 Å². The fourth-order valence-electron chi connectivity index (χ4n) is 2.52. The van der Waals surface area contributed by atoms with Crippen molar-refractivity contribution < 1.29 is 0 Å². The van der Waals surface area contributed by atoms with E-state index in [0.29, 0.717) is 22.7 Å². The third-order valence-electron chi connectivity index (χ3n) is 3.85. The first-order chi connectivity index (χ1) is 10.9. The number of nitrogen functional groups attached to an aromatic ring is 1. The van der Waals surface area contributed by atoms with E-state index >= 15 is 0 Å². The zero-order valence-corrected chi connectivity index (χ0v) is 13.1. The molecule has 0 radical (unpaired) electrons. The molecule has 7 nitrogen and oxygen atoms in total. The summed E-state index contributed by atoms with van der Waals surface area (Å²) < 4.78 is 4.13. The van der Waals surface area contributed by atoms with Gasteiger partial charge in [-0.2, -0.15) is 0 Å². The fraction of sp³-hybridized carbons (Fsp3) is 0.188. The number of hydrogen-bond donors (Lipinski definition) is 1. The van der Waals surface area contributed by atoms with Crippen LogP contribution in [-0.2, 0) is 21.1 Å². The average Bonchev–Trinajstić information content (AvgIpc) is 2.86. The Labute approximate surface area is 131 Å². The molecule has 2 heterocycles. The van der Waals surface area contributed by atoms with Crippen LogP contribution in [0.1, 0.15) is 11.4 Å². The third-order valence-corrected chi connectivity index (χ3v) is 3.85. The van der Waals surface area contributed by atoms with Gasteiger partial charge in [-0.1, -0.05) is 18.2 Å². The topological polar surface area (TPSA) is 87.8 Å². The highest BCUT2D eigenvalue weighted by Crippen LogP contribution is 2.13. The molecule has 2 aromatic heterocycles. The normalized spacial score (nSPS) is 11.6. The first-order valence-corrected chi connectivity index (χ1v) is 7.06. The molecule has 0 bridgehead atoms. The van der Waals surface area contributed by atoms with Crippen LogP contribution in [0.2, 0.25) is 0 Å². The number of hydrogen-bond acceptors (Lipinski definition) is 4. The van der Waals surface area contributed by atoms with Crippen LogP contribution in [0.3, 0.4) is 0 Å². The lowest BCUT2D eigenvalue weighted by Crippen LogP contribution is -2.37. The van der Waals surface area contributed by atoms with Crippen molar-refractivity contribution in [1.29, 1.82) is 0 Å². The molecule has 7 heteroatoms. The van der Waals surface area contributed by atoms with E-state index in [0.717, 1.165) is 10.1 Å². The quantitative estimate of drug-likeness (QED) is 0.707. The number of aryl methyl sites for hydroxylation is 2. The van der Waals surface area contributed by atoms with Crippen molar-refractivity contribution in [3.63, 3.8) is 0 Å². The SMILES string of the molecule is Cn1c(=O)c2c(nc(/C=C/c3cccc(N)c3)n2C)n(C)c1=O. The summed E-state index contributed by atoms with van der Waals surface area (Å²) in [6, 6.07) is 7.44. The molecule has 1 aromatic carbocycles. The lowest BCUT2D eigenvalue weighted by Gasteiger charge is -2.03. The number of nitrogens with zero attached hydrogens (tertiary/aromatic N) is 4. The van der Waals surface area contributed by atoms with Gasteiger partial charge < -0.3 is 10.3 Å². The molecule has 0 aliphatic carbocycles. The summed E-state index contributed by atoms with van der Waals surface area (Å²) in [6.45, 7) is 0. The maximum absolute atomic E-state index is 12.3. The maximum atomic E-state index is 12.3. The van der Waals surface area contributed by atoms with Crippen LogP contribution >= 0.6 is 0 Å². The lowest BCUT2D eigenvalue weighted by atomic mass is 10.2. The monoisotopic (exact) mass is 311 g/mol. The van der Waals surface area contributed by atoms with Crippen LogP contribution in [0, 0.1) is 0 Å². The van der Waals surface area contributed by atoms with E-state index in [2.05, 4.69) is 4.98 Å². The number of nitrogens with two attached hydrogens (primary N) is 1. The molecule has 3 aromatic rings. The molecule has 0 aliphatic rings. The number of benzene rings is 1. The second kappa shape index (κ2) is 5.28. The number of anilines is 1. The van der Waals surface area contributed by atoms with Crippen molar-refractivity contribution >= 4 is 29.0 Å². The van der Waals surface area contributed by atoms with Crippen molar-refractivity contribution in [2.45, 2.75) is 0 Å². The Balaban J connectivity index is 2.19. The highest BCUT2D eigenvalue weighted by atomic mass is 16.2. The van der Waals surface area contributed by atoms with Gasteiger partial charge in [-0.15, -0.1) is 0 Å². The van der Waals surface area contributed by atoms with Crippen LogP contribution in [0.5, 0.6) is 0 Å². The highest BCUT2D eigenvalue weighted by Gasteiger charge is 2.15. The summed E-state index contributed by atoms with van der Waals surface area (Å²) in [5.41, 5.74) is 7.36. The average molecular weight is 311 g/mol. The second-order valence-electron chi connectivity index (χ2n) is 5.41. The van der Waals surface area contributed by atoms with E-state index < -0.39 is 5.69 Å². The van der Waals surface area contributed by atoms with Crippen molar-refractivity contribution in [3.05, 3.63) is 56.5 Å². The van der Waals surface area contributed by atoms with Gasteiger partial charge in [0.2, 0.25) is 0 Å². The smallest absolute Gasteiger partial charge is 0.332 e. The molecule has 0 saturated heterocycles. The maximum Gasteiger partial charge on any atom is 0.332 e. The molecule has 0 atom stereocenters. The molecule has 0 spiro atoms. The van der Waals surface area contributed by atoms with E-state index in [9.17, 15) is 9.59 Å². The predicted molar refractivity (Wildman–Crippen MR) is 91.0 cm³/mol. The van der Waals surface area contributed by atoms with Gasteiger partial charge in [0.25, 0.3) is 5.56 Å². The molecular formula is C16H17N5O2. The van der Waals surface area contributed by atoms with Crippen LogP contribution in [0.15, 0.2) is 33.9 Å². The Hall–Kier alpha value is -3.09. The highest BCUT2D eigenvalue weighted by molar-refractivity contribution is 5.76. The van der Waals surface area contributed by atoms with Gasteiger partial charge in [0.1, 0.15) is 5.82 Å². The second-order valence-corrected chi connectivity index (χ2v) is 5.41. The summed E-state index contributed by atoms with van der Waals surface area (Å²) in [4.78, 5) is 28.7. The van der Waals surface area contributed by atoms with Crippen LogP contribution in [0.25, 0.3) is 23.3 Å². The molecular weight excluding hydrogens is 294 g/mol. The largest absolute Gasteiger partial charge is 0.399 e. The summed E-state index contributed by atoms with van der Waals surface area (Å²) >= 11 is 0. The Morgan fingerprint density at radius 1 is 1.04 bits per heavy atom. The number of rotatable bonds is 2. The van der Waals surface area contributed by atoms with E-state index in [1.807, 2.05) is 30.3 Å².